The molecular weight excluding hydrogens is 298 g/mol. The Morgan fingerprint density at radius 1 is 1.48 bits per heavy atom. The number of piperidine rings is 1. The molecule has 2 rings (SSSR count). The van der Waals surface area contributed by atoms with E-state index in [0.29, 0.717) is 5.69 Å². The van der Waals surface area contributed by atoms with Crippen molar-refractivity contribution in [2.24, 2.45) is 0 Å². The smallest absolute Gasteiger partial charge is 0.311 e. The lowest BCUT2D eigenvalue weighted by Gasteiger charge is -2.35. The Balaban J connectivity index is 2.08. The van der Waals surface area contributed by atoms with E-state index in [4.69, 9.17) is 4.74 Å². The molecule has 0 radical (unpaired) electrons. The van der Waals surface area contributed by atoms with Gasteiger partial charge < -0.3 is 15.0 Å². The predicted molar refractivity (Wildman–Crippen MR) is 87.8 cm³/mol. The number of amides is 1. The molecule has 1 aromatic rings. The van der Waals surface area contributed by atoms with Crippen LogP contribution in [0.2, 0.25) is 0 Å². The summed E-state index contributed by atoms with van der Waals surface area (Å²) in [6.45, 7) is 4.66. The Bertz CT molecular complexity index is 591. The van der Waals surface area contributed by atoms with Gasteiger partial charge in [0.1, 0.15) is 6.04 Å². The molecule has 7 heteroatoms. The second-order valence-electron chi connectivity index (χ2n) is 5.89. The molecular formula is C16H23N3O4. The van der Waals surface area contributed by atoms with E-state index >= 15 is 0 Å². The lowest BCUT2D eigenvalue weighted by atomic mass is 10.0. The third kappa shape index (κ3) is 3.91. The lowest BCUT2D eigenvalue weighted by molar-refractivity contribution is -0.385. The largest absolute Gasteiger partial charge is 0.490 e. The van der Waals surface area contributed by atoms with Gasteiger partial charge in [-0.3, -0.25) is 14.9 Å². The number of hydrogen-bond acceptors (Lipinski definition) is 5. The molecule has 1 aromatic carbocycles. The van der Waals surface area contributed by atoms with E-state index in [0.717, 1.165) is 25.8 Å². The number of nitro benzene ring substituents is 1. The maximum absolute atomic E-state index is 12.6. The summed E-state index contributed by atoms with van der Waals surface area (Å²) in [6, 6.07) is 4.36. The topological polar surface area (TPSA) is 84.7 Å². The van der Waals surface area contributed by atoms with Crippen LogP contribution in [0.4, 0.5) is 11.4 Å². The first kappa shape index (κ1) is 17.1. The van der Waals surface area contributed by atoms with Crippen molar-refractivity contribution >= 4 is 17.3 Å². The molecule has 1 aliphatic rings. The van der Waals surface area contributed by atoms with Crippen molar-refractivity contribution in [1.29, 1.82) is 0 Å². The minimum Gasteiger partial charge on any atom is -0.490 e. The fourth-order valence-corrected chi connectivity index (χ4v) is 2.90. The number of nitro groups is 1. The zero-order valence-electron chi connectivity index (χ0n) is 13.7. The fraction of sp³-hybridized carbons (Fsp3) is 0.562. The molecule has 23 heavy (non-hydrogen) atoms. The molecule has 1 N–H and O–H groups in total. The summed E-state index contributed by atoms with van der Waals surface area (Å²) in [7, 11) is 1.39. The third-order valence-corrected chi connectivity index (χ3v) is 4.22. The van der Waals surface area contributed by atoms with Gasteiger partial charge in [-0.2, -0.15) is 0 Å². The lowest BCUT2D eigenvalue weighted by Crippen LogP contribution is -2.48. The SMILES string of the molecule is COc1cc(N[C@@H](C)C(=O)N2CCCC[C@H]2C)ccc1[N+](=O)[O-]. The maximum Gasteiger partial charge on any atom is 0.311 e. The van der Waals surface area contributed by atoms with Crippen LogP contribution in [0.5, 0.6) is 5.75 Å². The highest BCUT2D eigenvalue weighted by atomic mass is 16.6. The second kappa shape index (κ2) is 7.30. The normalized spacial score (nSPS) is 19.1. The Morgan fingerprint density at radius 3 is 2.83 bits per heavy atom. The molecule has 0 aromatic heterocycles. The van der Waals surface area contributed by atoms with Gasteiger partial charge in [0, 0.05) is 30.4 Å². The van der Waals surface area contributed by atoms with E-state index in [-0.39, 0.29) is 23.4 Å². The maximum atomic E-state index is 12.6. The van der Waals surface area contributed by atoms with E-state index in [1.165, 1.54) is 13.2 Å². The van der Waals surface area contributed by atoms with Crippen molar-refractivity contribution in [3.8, 4) is 5.75 Å². The molecule has 0 unspecified atom stereocenters. The summed E-state index contributed by atoms with van der Waals surface area (Å²) < 4.78 is 5.05. The van der Waals surface area contributed by atoms with Crippen molar-refractivity contribution in [3.63, 3.8) is 0 Å². The van der Waals surface area contributed by atoms with Gasteiger partial charge in [0.05, 0.1) is 12.0 Å². The molecule has 2 atom stereocenters. The van der Waals surface area contributed by atoms with Crippen LogP contribution in [0.15, 0.2) is 18.2 Å². The molecule has 126 valence electrons. The quantitative estimate of drug-likeness (QED) is 0.666. The van der Waals surface area contributed by atoms with Crippen LogP contribution in [0.1, 0.15) is 33.1 Å². The Morgan fingerprint density at radius 2 is 2.22 bits per heavy atom. The average Bonchev–Trinajstić information content (AvgIpc) is 2.54. The molecule has 0 aliphatic carbocycles. The number of benzene rings is 1. The predicted octanol–water partition coefficient (Wildman–Crippen LogP) is 2.80. The summed E-state index contributed by atoms with van der Waals surface area (Å²) in [4.78, 5) is 24.9. The molecule has 7 nitrogen and oxygen atoms in total. The van der Waals surface area contributed by atoms with Gasteiger partial charge in [-0.25, -0.2) is 0 Å². The van der Waals surface area contributed by atoms with Gasteiger partial charge in [0.15, 0.2) is 5.75 Å². The summed E-state index contributed by atoms with van der Waals surface area (Å²) in [5.74, 6) is 0.223. The van der Waals surface area contributed by atoms with Crippen LogP contribution in [-0.2, 0) is 4.79 Å². The first-order valence-electron chi connectivity index (χ1n) is 7.83. The van der Waals surface area contributed by atoms with E-state index in [2.05, 4.69) is 12.2 Å². The Labute approximate surface area is 135 Å². The standard InChI is InChI=1S/C16H23N3O4/c1-11-6-4-5-9-18(11)16(20)12(2)17-13-7-8-14(19(21)22)15(10-13)23-3/h7-8,10-12,17H,4-6,9H2,1-3H3/t11-,12+/m1/s1. The summed E-state index contributed by atoms with van der Waals surface area (Å²) in [6.07, 6.45) is 3.23. The zero-order chi connectivity index (χ0) is 17.0. The van der Waals surface area contributed by atoms with Crippen molar-refractivity contribution in [3.05, 3.63) is 28.3 Å². The van der Waals surface area contributed by atoms with Gasteiger partial charge >= 0.3 is 5.69 Å². The molecule has 1 amide bonds. The number of rotatable bonds is 5. The van der Waals surface area contributed by atoms with E-state index in [9.17, 15) is 14.9 Å². The number of nitrogens with one attached hydrogen (secondary N) is 1. The fourth-order valence-electron chi connectivity index (χ4n) is 2.90. The van der Waals surface area contributed by atoms with Gasteiger partial charge in [0.2, 0.25) is 5.91 Å². The van der Waals surface area contributed by atoms with Crippen LogP contribution >= 0.6 is 0 Å². The van der Waals surface area contributed by atoms with Crippen LogP contribution in [0.25, 0.3) is 0 Å². The number of nitrogens with zero attached hydrogens (tertiary/aromatic N) is 2. The molecule has 1 fully saturated rings. The number of ether oxygens (including phenoxy) is 1. The van der Waals surface area contributed by atoms with Gasteiger partial charge in [0.25, 0.3) is 0 Å². The van der Waals surface area contributed by atoms with Crippen molar-refractivity contribution in [2.75, 3.05) is 19.0 Å². The van der Waals surface area contributed by atoms with E-state index in [1.807, 2.05) is 4.90 Å². The number of methoxy groups -OCH3 is 1. The highest BCUT2D eigenvalue weighted by Gasteiger charge is 2.27. The Kier molecular flexibility index (Phi) is 5.41. The molecule has 0 bridgehead atoms. The molecule has 1 heterocycles. The number of carbonyl (C=O) groups is 1. The second-order valence-corrected chi connectivity index (χ2v) is 5.89. The molecule has 1 aliphatic heterocycles. The minimum atomic E-state index is -0.493. The third-order valence-electron chi connectivity index (χ3n) is 4.22. The highest BCUT2D eigenvalue weighted by Crippen LogP contribution is 2.30. The van der Waals surface area contributed by atoms with Crippen molar-refractivity contribution in [2.45, 2.75) is 45.2 Å². The number of carbonyl (C=O) groups excluding carboxylic acids is 1. The summed E-state index contributed by atoms with van der Waals surface area (Å²) >= 11 is 0. The average molecular weight is 321 g/mol. The minimum absolute atomic E-state index is 0.0505. The zero-order valence-corrected chi connectivity index (χ0v) is 13.7. The first-order chi connectivity index (χ1) is 10.9. The van der Waals surface area contributed by atoms with E-state index < -0.39 is 11.0 Å². The Hall–Kier alpha value is -2.31. The molecule has 1 saturated heterocycles. The van der Waals surface area contributed by atoms with Gasteiger partial charge in [-0.15, -0.1) is 0 Å². The van der Waals surface area contributed by atoms with Crippen LogP contribution < -0.4 is 10.1 Å². The van der Waals surface area contributed by atoms with Gasteiger partial charge in [-0.05, 0) is 39.2 Å². The summed E-state index contributed by atoms with van der Waals surface area (Å²) in [5.41, 5.74) is 0.527. The monoisotopic (exact) mass is 321 g/mol. The van der Waals surface area contributed by atoms with Crippen molar-refractivity contribution < 1.29 is 14.5 Å². The number of anilines is 1. The first-order valence-corrected chi connectivity index (χ1v) is 7.83. The molecule has 0 spiro atoms. The van der Waals surface area contributed by atoms with Crippen LogP contribution in [0.3, 0.4) is 0 Å². The van der Waals surface area contributed by atoms with Crippen molar-refractivity contribution in [1.82, 2.24) is 4.90 Å². The molecule has 0 saturated carbocycles. The highest BCUT2D eigenvalue weighted by molar-refractivity contribution is 5.84. The van der Waals surface area contributed by atoms with Crippen LogP contribution in [0, 0.1) is 10.1 Å². The summed E-state index contributed by atoms with van der Waals surface area (Å²) in [5, 5.41) is 14.0. The van der Waals surface area contributed by atoms with Gasteiger partial charge in [-0.1, -0.05) is 0 Å². The van der Waals surface area contributed by atoms with E-state index in [1.54, 1.807) is 19.1 Å². The number of likely N-dealkylation sites (tertiary alicyclic amines) is 1. The number of hydrogen-bond donors (Lipinski definition) is 1. The van der Waals surface area contributed by atoms with Crippen LogP contribution in [-0.4, -0.2) is 41.5 Å².